The quantitative estimate of drug-likeness (QED) is 0.538. The van der Waals surface area contributed by atoms with E-state index in [-0.39, 0.29) is 0 Å². The van der Waals surface area contributed by atoms with E-state index in [4.69, 9.17) is 0 Å². The maximum atomic E-state index is 11.4. The molecule has 116 valence electrons. The van der Waals surface area contributed by atoms with Gasteiger partial charge in [-0.3, -0.25) is 9.97 Å². The predicted molar refractivity (Wildman–Crippen MR) is 91.2 cm³/mol. The van der Waals surface area contributed by atoms with Crippen molar-refractivity contribution in [3.05, 3.63) is 83.8 Å². The van der Waals surface area contributed by atoms with Crippen molar-refractivity contribution >= 4 is 5.97 Å². The molecule has 3 rings (SSSR count). The second-order valence-corrected chi connectivity index (χ2v) is 4.99. The molecule has 0 N–H and O–H groups in total. The van der Waals surface area contributed by atoms with Crippen LogP contribution in [0.5, 0.6) is 0 Å². The molecule has 0 aliphatic rings. The molecule has 2 aromatic heterocycles. The number of ether oxygens (including phenoxy) is 1. The molecule has 24 heavy (non-hydrogen) atoms. The van der Waals surface area contributed by atoms with Crippen molar-refractivity contribution in [3.8, 4) is 23.1 Å². The van der Waals surface area contributed by atoms with Gasteiger partial charge < -0.3 is 4.74 Å². The highest BCUT2D eigenvalue weighted by Gasteiger charge is 2.06. The van der Waals surface area contributed by atoms with Gasteiger partial charge in [0.1, 0.15) is 0 Å². The molecule has 0 spiro atoms. The lowest BCUT2D eigenvalue weighted by Gasteiger charge is -2.03. The number of aromatic nitrogens is 2. The van der Waals surface area contributed by atoms with Crippen LogP contribution in [0.2, 0.25) is 0 Å². The van der Waals surface area contributed by atoms with Crippen molar-refractivity contribution in [3.63, 3.8) is 0 Å². The Hall–Kier alpha value is -3.45. The summed E-state index contributed by atoms with van der Waals surface area (Å²) in [4.78, 5) is 19.7. The van der Waals surface area contributed by atoms with E-state index in [0.29, 0.717) is 5.56 Å². The van der Waals surface area contributed by atoms with Gasteiger partial charge in [-0.2, -0.15) is 0 Å². The van der Waals surface area contributed by atoms with E-state index < -0.39 is 5.97 Å². The zero-order valence-electron chi connectivity index (χ0n) is 13.1. The third-order valence-electron chi connectivity index (χ3n) is 3.38. The van der Waals surface area contributed by atoms with Gasteiger partial charge in [-0.15, -0.1) is 0 Å². The van der Waals surface area contributed by atoms with Crippen LogP contribution in [0.25, 0.3) is 11.3 Å². The van der Waals surface area contributed by atoms with Crippen LogP contribution in [0.4, 0.5) is 0 Å². The van der Waals surface area contributed by atoms with Crippen LogP contribution < -0.4 is 0 Å². The number of nitrogens with zero attached hydrogens (tertiary/aromatic N) is 2. The van der Waals surface area contributed by atoms with E-state index in [9.17, 15) is 4.79 Å². The fraction of sp³-hybridized carbons (Fsp3) is 0.0500. The number of methoxy groups -OCH3 is 1. The van der Waals surface area contributed by atoms with Crippen molar-refractivity contribution in [2.45, 2.75) is 0 Å². The normalized spacial score (nSPS) is 9.71. The smallest absolute Gasteiger partial charge is 0.339 e. The molecule has 0 aliphatic heterocycles. The molecule has 4 heteroatoms. The van der Waals surface area contributed by atoms with Crippen LogP contribution in [-0.2, 0) is 4.74 Å². The van der Waals surface area contributed by atoms with Crippen molar-refractivity contribution in [1.29, 1.82) is 0 Å². The van der Waals surface area contributed by atoms with E-state index in [0.717, 1.165) is 22.4 Å². The highest BCUT2D eigenvalue weighted by molar-refractivity contribution is 5.89. The Kier molecular flexibility index (Phi) is 4.64. The van der Waals surface area contributed by atoms with Crippen LogP contribution in [-0.4, -0.2) is 23.0 Å². The number of carbonyl (C=O) groups is 1. The molecule has 0 saturated heterocycles. The van der Waals surface area contributed by atoms with Crippen molar-refractivity contribution in [2.24, 2.45) is 0 Å². The largest absolute Gasteiger partial charge is 0.465 e. The minimum Gasteiger partial charge on any atom is -0.465 e. The number of carbonyl (C=O) groups excluding carboxylic acids is 1. The SMILES string of the molecule is COC(=O)c1ccc(-c2ccc(C#Cc3cccnc3)cc2)nc1. The third-order valence-corrected chi connectivity index (χ3v) is 3.38. The van der Waals surface area contributed by atoms with Crippen molar-refractivity contribution in [1.82, 2.24) is 9.97 Å². The van der Waals surface area contributed by atoms with Gasteiger partial charge in [-0.1, -0.05) is 24.0 Å². The second-order valence-electron chi connectivity index (χ2n) is 4.99. The van der Waals surface area contributed by atoms with Gasteiger partial charge in [0.15, 0.2) is 0 Å². The maximum Gasteiger partial charge on any atom is 0.339 e. The summed E-state index contributed by atoms with van der Waals surface area (Å²) < 4.78 is 4.66. The average molecular weight is 314 g/mol. The number of benzene rings is 1. The summed E-state index contributed by atoms with van der Waals surface area (Å²) in [5, 5.41) is 0. The molecule has 0 aliphatic carbocycles. The Bertz CT molecular complexity index is 890. The van der Waals surface area contributed by atoms with Gasteiger partial charge >= 0.3 is 5.97 Å². The molecular weight excluding hydrogens is 300 g/mol. The fourth-order valence-corrected chi connectivity index (χ4v) is 2.11. The molecule has 0 bridgehead atoms. The number of esters is 1. The molecule has 0 saturated carbocycles. The molecule has 3 aromatic rings. The van der Waals surface area contributed by atoms with Crippen LogP contribution in [0.1, 0.15) is 21.5 Å². The molecule has 0 atom stereocenters. The standard InChI is InChI=1S/C20H14N2O2/c1-24-20(23)18-10-11-19(22-14-18)17-8-6-15(7-9-17)4-5-16-3-2-12-21-13-16/h2-3,6-14H,1H3. The summed E-state index contributed by atoms with van der Waals surface area (Å²) in [6.45, 7) is 0. The van der Waals surface area contributed by atoms with Gasteiger partial charge in [-0.25, -0.2) is 4.79 Å². The second kappa shape index (κ2) is 7.21. The predicted octanol–water partition coefficient (Wildman–Crippen LogP) is 3.33. The number of pyridine rings is 2. The summed E-state index contributed by atoms with van der Waals surface area (Å²) in [7, 11) is 1.35. The van der Waals surface area contributed by atoms with Crippen LogP contribution >= 0.6 is 0 Å². The molecule has 0 unspecified atom stereocenters. The van der Waals surface area contributed by atoms with Gasteiger partial charge in [0.25, 0.3) is 0 Å². The van der Waals surface area contributed by atoms with E-state index >= 15 is 0 Å². The van der Waals surface area contributed by atoms with Crippen molar-refractivity contribution < 1.29 is 9.53 Å². The van der Waals surface area contributed by atoms with E-state index in [1.54, 1.807) is 24.5 Å². The molecule has 2 heterocycles. The summed E-state index contributed by atoms with van der Waals surface area (Å²) in [5.74, 6) is 5.77. The fourth-order valence-electron chi connectivity index (χ4n) is 2.11. The molecular formula is C20H14N2O2. The summed E-state index contributed by atoms with van der Waals surface area (Å²) in [5.41, 5.74) is 3.96. The van der Waals surface area contributed by atoms with Gasteiger partial charge in [-0.05, 0) is 36.4 Å². The first-order valence-electron chi connectivity index (χ1n) is 7.33. The Morgan fingerprint density at radius 1 is 0.958 bits per heavy atom. The molecule has 0 radical (unpaired) electrons. The lowest BCUT2D eigenvalue weighted by molar-refractivity contribution is 0.0600. The average Bonchev–Trinajstić information content (AvgIpc) is 2.67. The highest BCUT2D eigenvalue weighted by Crippen LogP contribution is 2.18. The first kappa shape index (κ1) is 15.4. The summed E-state index contributed by atoms with van der Waals surface area (Å²) in [6, 6.07) is 15.1. The first-order chi connectivity index (χ1) is 11.8. The van der Waals surface area contributed by atoms with E-state index in [2.05, 4.69) is 26.5 Å². The molecule has 1 aromatic carbocycles. The van der Waals surface area contributed by atoms with Crippen LogP contribution in [0.15, 0.2) is 67.1 Å². The van der Waals surface area contributed by atoms with Gasteiger partial charge in [0, 0.05) is 35.3 Å². The minimum absolute atomic E-state index is 0.393. The zero-order chi connectivity index (χ0) is 16.8. The number of rotatable bonds is 2. The van der Waals surface area contributed by atoms with Crippen LogP contribution in [0, 0.1) is 11.8 Å². The summed E-state index contributed by atoms with van der Waals surface area (Å²) >= 11 is 0. The van der Waals surface area contributed by atoms with E-state index in [1.165, 1.54) is 13.3 Å². The Labute approximate surface area is 140 Å². The topological polar surface area (TPSA) is 52.1 Å². The van der Waals surface area contributed by atoms with Gasteiger partial charge in [0.05, 0.1) is 18.4 Å². The number of hydrogen-bond donors (Lipinski definition) is 0. The maximum absolute atomic E-state index is 11.4. The third kappa shape index (κ3) is 3.65. The molecule has 0 fully saturated rings. The van der Waals surface area contributed by atoms with Crippen LogP contribution in [0.3, 0.4) is 0 Å². The van der Waals surface area contributed by atoms with Gasteiger partial charge in [0.2, 0.25) is 0 Å². The lowest BCUT2D eigenvalue weighted by Crippen LogP contribution is -2.01. The minimum atomic E-state index is -0.393. The lowest BCUT2D eigenvalue weighted by atomic mass is 10.1. The first-order valence-corrected chi connectivity index (χ1v) is 7.33. The molecule has 4 nitrogen and oxygen atoms in total. The molecule has 0 amide bonds. The number of hydrogen-bond acceptors (Lipinski definition) is 4. The highest BCUT2D eigenvalue weighted by atomic mass is 16.5. The Morgan fingerprint density at radius 2 is 1.75 bits per heavy atom. The summed E-state index contributed by atoms with van der Waals surface area (Å²) in [6.07, 6.45) is 4.96. The zero-order valence-corrected chi connectivity index (χ0v) is 13.1. The monoisotopic (exact) mass is 314 g/mol. The van der Waals surface area contributed by atoms with E-state index in [1.807, 2.05) is 36.4 Å². The van der Waals surface area contributed by atoms with Crippen molar-refractivity contribution in [2.75, 3.05) is 7.11 Å². The Balaban J connectivity index is 1.77. The Morgan fingerprint density at radius 3 is 2.38 bits per heavy atom.